The van der Waals surface area contributed by atoms with Crippen LogP contribution in [-0.2, 0) is 17.8 Å². The summed E-state index contributed by atoms with van der Waals surface area (Å²) in [4.78, 5) is 31.7. The maximum absolute atomic E-state index is 13.9. The molecule has 4 aromatic rings. The summed E-state index contributed by atoms with van der Waals surface area (Å²) in [6, 6.07) is 17.9. The van der Waals surface area contributed by atoms with E-state index in [1.165, 1.54) is 18.2 Å². The molecule has 0 bridgehead atoms. The van der Waals surface area contributed by atoms with E-state index >= 15 is 0 Å². The van der Waals surface area contributed by atoms with E-state index in [0.717, 1.165) is 39.0 Å². The number of amides is 2. The minimum Gasteiger partial charge on any atom is -0.489 e. The number of fused-ring (bicyclic) bond motifs is 6. The zero-order chi connectivity index (χ0) is 26.4. The van der Waals surface area contributed by atoms with Crippen molar-refractivity contribution in [3.63, 3.8) is 0 Å². The van der Waals surface area contributed by atoms with Gasteiger partial charge in [0.1, 0.15) is 24.3 Å². The third kappa shape index (κ3) is 4.06. The molecule has 2 aliphatic heterocycles. The summed E-state index contributed by atoms with van der Waals surface area (Å²) in [7, 11) is 1.93. The van der Waals surface area contributed by atoms with Gasteiger partial charge in [-0.15, -0.1) is 0 Å². The largest absolute Gasteiger partial charge is 0.489 e. The van der Waals surface area contributed by atoms with E-state index in [1.807, 2.05) is 54.4 Å². The fourth-order valence-corrected chi connectivity index (χ4v) is 5.33. The molecule has 0 saturated carbocycles. The first-order valence-corrected chi connectivity index (χ1v) is 12.2. The lowest BCUT2D eigenvalue weighted by Crippen LogP contribution is -2.51. The molecule has 9 heteroatoms. The number of nitrogens with zero attached hydrogens (tertiary/aromatic N) is 2. The Kier molecular flexibility index (Phi) is 5.84. The number of carbonyl (C=O) groups is 2. The lowest BCUT2D eigenvalue weighted by atomic mass is 9.96. The number of ether oxygens (including phenoxy) is 1. The number of aromatic amines is 1. The van der Waals surface area contributed by atoms with Gasteiger partial charge in [0.2, 0.25) is 0 Å². The normalized spacial score (nSPS) is 16.4. The van der Waals surface area contributed by atoms with Gasteiger partial charge < -0.3 is 19.5 Å². The van der Waals surface area contributed by atoms with Crippen LogP contribution in [-0.4, -0.2) is 40.5 Å². The van der Waals surface area contributed by atoms with Crippen molar-refractivity contribution in [2.75, 3.05) is 18.5 Å². The summed E-state index contributed by atoms with van der Waals surface area (Å²) in [5.41, 5.74) is 7.54. The van der Waals surface area contributed by atoms with Crippen molar-refractivity contribution in [3.05, 3.63) is 101 Å². The Balaban J connectivity index is 1.23. The number of hydrogen-bond acceptors (Lipinski definition) is 5. The van der Waals surface area contributed by atoms with Crippen LogP contribution in [0.3, 0.4) is 0 Å². The van der Waals surface area contributed by atoms with E-state index < -0.39 is 11.7 Å². The van der Waals surface area contributed by atoms with Crippen LogP contribution in [0.2, 0.25) is 0 Å². The second kappa shape index (κ2) is 9.35. The standard InChI is InChI=1S/C29H25FN4O4/c1-33-25-10-7-19(30)14-23(25)29(36)34-13-12-21-22-15-20(8-9-24(22)31-27(21)28(33)34)38-16-18-4-2-17(3-5-18)6-11-26(35)32-37/h2-11,14-15,28,31,37H,12-13,16H2,1H3,(H,32,35)/b11-6+. The van der Waals surface area contributed by atoms with Gasteiger partial charge in [0.15, 0.2) is 0 Å². The van der Waals surface area contributed by atoms with Gasteiger partial charge in [-0.05, 0) is 65.6 Å². The number of anilines is 1. The molecule has 8 nitrogen and oxygen atoms in total. The second-order valence-corrected chi connectivity index (χ2v) is 9.46. The topological polar surface area (TPSA) is 97.9 Å². The number of aromatic nitrogens is 1. The van der Waals surface area contributed by atoms with Crippen LogP contribution in [0.25, 0.3) is 17.0 Å². The summed E-state index contributed by atoms with van der Waals surface area (Å²) in [5.74, 6) is -0.428. The molecule has 0 saturated heterocycles. The number of rotatable bonds is 5. The van der Waals surface area contributed by atoms with E-state index in [4.69, 9.17) is 9.94 Å². The summed E-state index contributed by atoms with van der Waals surface area (Å²) < 4.78 is 19.9. The van der Waals surface area contributed by atoms with E-state index in [1.54, 1.807) is 22.5 Å². The number of benzene rings is 3. The maximum atomic E-state index is 13.9. The molecular formula is C29H25FN4O4. The van der Waals surface area contributed by atoms with Gasteiger partial charge in [-0.2, -0.15) is 0 Å². The lowest BCUT2D eigenvalue weighted by Gasteiger charge is -2.46. The first-order valence-electron chi connectivity index (χ1n) is 12.2. The number of carbonyl (C=O) groups excluding carboxylic acids is 2. The Labute approximate surface area is 217 Å². The molecule has 2 aliphatic rings. The molecular weight excluding hydrogens is 487 g/mol. The predicted molar refractivity (Wildman–Crippen MR) is 140 cm³/mol. The number of halogens is 1. The van der Waals surface area contributed by atoms with Gasteiger partial charge in [0.25, 0.3) is 11.8 Å². The Morgan fingerprint density at radius 2 is 2.00 bits per heavy atom. The molecule has 1 aromatic heterocycles. The number of hydrogen-bond donors (Lipinski definition) is 3. The molecule has 3 heterocycles. The molecule has 2 amide bonds. The van der Waals surface area contributed by atoms with E-state index in [-0.39, 0.29) is 12.1 Å². The van der Waals surface area contributed by atoms with Gasteiger partial charge in [-0.3, -0.25) is 14.8 Å². The third-order valence-corrected chi connectivity index (χ3v) is 7.19. The molecule has 192 valence electrons. The molecule has 1 atom stereocenters. The Bertz CT molecular complexity index is 1590. The molecule has 3 N–H and O–H groups in total. The van der Waals surface area contributed by atoms with Gasteiger partial charge >= 0.3 is 0 Å². The molecule has 6 rings (SSSR count). The Morgan fingerprint density at radius 3 is 2.79 bits per heavy atom. The minimum absolute atomic E-state index is 0.158. The monoisotopic (exact) mass is 512 g/mol. The third-order valence-electron chi connectivity index (χ3n) is 7.19. The van der Waals surface area contributed by atoms with Crippen molar-refractivity contribution in [2.45, 2.75) is 19.2 Å². The van der Waals surface area contributed by atoms with Gasteiger partial charge in [-0.25, -0.2) is 9.87 Å². The molecule has 0 aliphatic carbocycles. The molecule has 3 aromatic carbocycles. The summed E-state index contributed by atoms with van der Waals surface area (Å²) in [6.07, 6.45) is 3.24. The highest BCUT2D eigenvalue weighted by atomic mass is 19.1. The summed E-state index contributed by atoms with van der Waals surface area (Å²) in [6.45, 7) is 0.913. The maximum Gasteiger partial charge on any atom is 0.267 e. The fraction of sp³-hybridized carbons (Fsp3) is 0.172. The second-order valence-electron chi connectivity index (χ2n) is 9.46. The SMILES string of the molecule is CN1c2ccc(F)cc2C(=O)N2CCc3c([nH]c4ccc(OCc5ccc(/C=C/C(=O)NO)cc5)cc34)C21. The molecule has 0 spiro atoms. The van der Waals surface area contributed by atoms with Crippen molar-refractivity contribution in [1.82, 2.24) is 15.4 Å². The number of nitrogens with one attached hydrogen (secondary N) is 2. The molecule has 38 heavy (non-hydrogen) atoms. The fourth-order valence-electron chi connectivity index (χ4n) is 5.33. The van der Waals surface area contributed by atoms with E-state index in [2.05, 4.69) is 4.98 Å². The van der Waals surface area contributed by atoms with E-state index in [0.29, 0.717) is 30.8 Å². The number of hydroxylamine groups is 1. The smallest absolute Gasteiger partial charge is 0.267 e. The van der Waals surface area contributed by atoms with Crippen molar-refractivity contribution in [1.29, 1.82) is 0 Å². The van der Waals surface area contributed by atoms with Gasteiger partial charge in [-0.1, -0.05) is 24.3 Å². The quantitative estimate of drug-likeness (QED) is 0.207. The zero-order valence-electron chi connectivity index (χ0n) is 20.6. The van der Waals surface area contributed by atoms with E-state index in [9.17, 15) is 14.0 Å². The molecule has 0 radical (unpaired) electrons. The predicted octanol–water partition coefficient (Wildman–Crippen LogP) is 4.55. The Morgan fingerprint density at radius 1 is 1.18 bits per heavy atom. The van der Waals surface area contributed by atoms with Crippen LogP contribution in [0, 0.1) is 5.82 Å². The van der Waals surface area contributed by atoms with Crippen LogP contribution in [0.5, 0.6) is 5.75 Å². The van der Waals surface area contributed by atoms with Crippen LogP contribution in [0.4, 0.5) is 10.1 Å². The molecule has 0 fully saturated rings. The highest BCUT2D eigenvalue weighted by Gasteiger charge is 2.41. The zero-order valence-corrected chi connectivity index (χ0v) is 20.6. The van der Waals surface area contributed by atoms with Crippen molar-refractivity contribution in [2.24, 2.45) is 0 Å². The summed E-state index contributed by atoms with van der Waals surface area (Å²) >= 11 is 0. The first kappa shape index (κ1) is 23.7. The van der Waals surface area contributed by atoms with Crippen LogP contribution in [0.15, 0.2) is 66.7 Å². The van der Waals surface area contributed by atoms with Crippen LogP contribution < -0.4 is 15.1 Å². The minimum atomic E-state index is -0.589. The molecule has 1 unspecified atom stereocenters. The number of H-pyrrole nitrogens is 1. The average Bonchev–Trinajstić information content (AvgIpc) is 3.31. The van der Waals surface area contributed by atoms with Crippen LogP contribution in [0.1, 0.15) is 38.9 Å². The van der Waals surface area contributed by atoms with Crippen molar-refractivity contribution >= 4 is 34.5 Å². The van der Waals surface area contributed by atoms with Gasteiger partial charge in [0.05, 0.1) is 16.9 Å². The summed E-state index contributed by atoms with van der Waals surface area (Å²) in [5, 5.41) is 9.63. The Hall–Kier alpha value is -4.63. The highest BCUT2D eigenvalue weighted by molar-refractivity contribution is 6.02. The lowest BCUT2D eigenvalue weighted by molar-refractivity contribution is -0.124. The van der Waals surface area contributed by atoms with Gasteiger partial charge in [0, 0.05) is 30.6 Å². The first-order chi connectivity index (χ1) is 18.4. The van der Waals surface area contributed by atoms with Crippen molar-refractivity contribution in [3.8, 4) is 5.75 Å². The highest BCUT2D eigenvalue weighted by Crippen LogP contribution is 2.43. The van der Waals surface area contributed by atoms with Crippen LogP contribution >= 0.6 is 0 Å². The average molecular weight is 513 g/mol. The van der Waals surface area contributed by atoms with Crippen molar-refractivity contribution < 1.29 is 23.9 Å².